The van der Waals surface area contributed by atoms with Crippen LogP contribution in [0.4, 0.5) is 11.6 Å². The number of anilines is 2. The van der Waals surface area contributed by atoms with Crippen molar-refractivity contribution in [1.82, 2.24) is 19.8 Å². The molecule has 10 nitrogen and oxygen atoms in total. The lowest BCUT2D eigenvalue weighted by Crippen LogP contribution is -2.39. The van der Waals surface area contributed by atoms with E-state index in [2.05, 4.69) is 27.0 Å². The summed E-state index contributed by atoms with van der Waals surface area (Å²) in [5, 5.41) is 0. The number of fused-ring (bicyclic) bond motifs is 1. The summed E-state index contributed by atoms with van der Waals surface area (Å²) in [5.74, 6) is 0.397. The topological polar surface area (TPSA) is 99.2 Å². The molecule has 0 N–H and O–H groups in total. The van der Waals surface area contributed by atoms with E-state index in [1.165, 1.54) is 16.1 Å². The van der Waals surface area contributed by atoms with Gasteiger partial charge in [0.1, 0.15) is 0 Å². The molecule has 1 saturated heterocycles. The van der Waals surface area contributed by atoms with Crippen LogP contribution in [0, 0.1) is 0 Å². The van der Waals surface area contributed by atoms with Crippen LogP contribution < -0.4 is 9.21 Å². The van der Waals surface area contributed by atoms with Crippen LogP contribution in [0.15, 0.2) is 67.0 Å². The zero-order valence-electron chi connectivity index (χ0n) is 22.9. The Morgan fingerprint density at radius 1 is 0.875 bits per heavy atom. The van der Waals surface area contributed by atoms with Gasteiger partial charge in [0.15, 0.2) is 0 Å². The smallest absolute Gasteiger partial charge is 0.257 e. The van der Waals surface area contributed by atoms with Gasteiger partial charge in [-0.2, -0.15) is 0 Å². The van der Waals surface area contributed by atoms with E-state index in [9.17, 15) is 13.2 Å². The summed E-state index contributed by atoms with van der Waals surface area (Å²) in [6.45, 7) is 5.85. The number of morpholine rings is 1. The molecule has 0 atom stereocenters. The Balaban J connectivity index is 1.43. The van der Waals surface area contributed by atoms with Crippen molar-refractivity contribution in [1.29, 1.82) is 0 Å². The predicted octanol–water partition coefficient (Wildman–Crippen LogP) is 2.63. The summed E-state index contributed by atoms with van der Waals surface area (Å²) in [5.41, 5.74) is 2.96. The van der Waals surface area contributed by atoms with Crippen molar-refractivity contribution in [3.05, 3.63) is 83.7 Å². The maximum absolute atomic E-state index is 13.9. The molecule has 0 aliphatic carbocycles. The molecule has 0 bridgehead atoms. The van der Waals surface area contributed by atoms with Gasteiger partial charge < -0.3 is 14.5 Å². The van der Waals surface area contributed by atoms with Crippen LogP contribution in [-0.2, 0) is 27.8 Å². The van der Waals surface area contributed by atoms with Gasteiger partial charge in [-0.15, -0.1) is 0 Å². The molecule has 40 heavy (non-hydrogen) atoms. The molecule has 212 valence electrons. The zero-order valence-corrected chi connectivity index (χ0v) is 23.7. The second kappa shape index (κ2) is 12.8. The number of nitrogens with zero attached hydrogens (tertiary/aromatic N) is 6. The number of hydrogen-bond donors (Lipinski definition) is 0. The second-order valence-electron chi connectivity index (χ2n) is 10.2. The van der Waals surface area contributed by atoms with Crippen molar-refractivity contribution in [2.24, 2.45) is 0 Å². The van der Waals surface area contributed by atoms with E-state index in [-0.39, 0.29) is 12.5 Å². The highest BCUT2D eigenvalue weighted by Crippen LogP contribution is 2.26. The first kappa shape index (κ1) is 28.0. The van der Waals surface area contributed by atoms with E-state index in [1.807, 2.05) is 47.4 Å². The minimum atomic E-state index is -3.52. The van der Waals surface area contributed by atoms with Crippen LogP contribution in [0.3, 0.4) is 0 Å². The first-order valence-electron chi connectivity index (χ1n) is 13.6. The van der Waals surface area contributed by atoms with Crippen molar-refractivity contribution in [3.8, 4) is 0 Å². The minimum absolute atomic E-state index is 0.187. The van der Waals surface area contributed by atoms with Gasteiger partial charge in [-0.05, 0) is 23.6 Å². The highest BCUT2D eigenvalue weighted by Gasteiger charge is 2.26. The van der Waals surface area contributed by atoms with E-state index >= 15 is 0 Å². The Hall–Kier alpha value is -3.54. The van der Waals surface area contributed by atoms with Gasteiger partial charge in [-0.3, -0.25) is 14.0 Å². The first-order chi connectivity index (χ1) is 19.4. The largest absolute Gasteiger partial charge is 0.378 e. The molecule has 2 aliphatic heterocycles. The van der Waals surface area contributed by atoms with Gasteiger partial charge >= 0.3 is 0 Å². The average Bonchev–Trinajstić information content (AvgIpc) is 3.01. The van der Waals surface area contributed by atoms with Crippen LogP contribution in [-0.4, -0.2) is 92.8 Å². The zero-order chi connectivity index (χ0) is 28.0. The summed E-state index contributed by atoms with van der Waals surface area (Å²) in [7, 11) is -3.52. The number of sulfonamides is 1. The molecule has 0 spiro atoms. The predicted molar refractivity (Wildman–Crippen MR) is 155 cm³/mol. The van der Waals surface area contributed by atoms with Gasteiger partial charge in [0.25, 0.3) is 5.91 Å². The lowest BCUT2D eigenvalue weighted by molar-refractivity contribution is 0.0719. The monoisotopic (exact) mass is 564 g/mol. The quantitative estimate of drug-likeness (QED) is 0.467. The van der Waals surface area contributed by atoms with E-state index in [4.69, 9.17) is 4.74 Å². The number of rotatable bonds is 5. The number of amides is 1. The van der Waals surface area contributed by atoms with Gasteiger partial charge in [0.05, 0.1) is 30.7 Å². The number of aromatic nitrogens is 2. The molecule has 1 amide bonds. The van der Waals surface area contributed by atoms with Crippen LogP contribution in [0.2, 0.25) is 0 Å². The molecule has 2 aliphatic rings. The van der Waals surface area contributed by atoms with Gasteiger partial charge in [0.2, 0.25) is 16.0 Å². The molecule has 0 unspecified atom stereocenters. The Bertz CT molecular complexity index is 1380. The normalized spacial score (nSPS) is 17.7. The van der Waals surface area contributed by atoms with Gasteiger partial charge in [-0.1, -0.05) is 48.5 Å². The van der Waals surface area contributed by atoms with Crippen molar-refractivity contribution in [2.45, 2.75) is 19.5 Å². The minimum Gasteiger partial charge on any atom is -0.378 e. The Morgan fingerprint density at radius 2 is 1.57 bits per heavy atom. The van der Waals surface area contributed by atoms with Crippen LogP contribution >= 0.6 is 0 Å². The maximum atomic E-state index is 13.9. The first-order valence-corrected chi connectivity index (χ1v) is 15.5. The molecular formula is C29H36N6O4S. The van der Waals surface area contributed by atoms with E-state index in [0.29, 0.717) is 82.6 Å². The average molecular weight is 565 g/mol. The second-order valence-corrected chi connectivity index (χ2v) is 12.1. The highest BCUT2D eigenvalue weighted by molar-refractivity contribution is 7.92. The number of para-hydroxylation sites is 1. The van der Waals surface area contributed by atoms with Crippen LogP contribution in [0.5, 0.6) is 0 Å². The van der Waals surface area contributed by atoms with Gasteiger partial charge in [0, 0.05) is 64.8 Å². The molecule has 0 saturated carbocycles. The molecule has 1 aromatic heterocycles. The SMILES string of the molecule is CS(=O)(=O)N1CCCN(Cc2ccccc2)CCN(C(=O)c2cnc(N3CCOCC3)nc2)Cc2ccccc21. The number of carbonyl (C=O) groups excluding carboxylic acids is 1. The standard InChI is InChI=1S/C29H36N6O4S/c1-40(37,38)35-13-7-12-32(22-24-8-3-2-4-9-24)14-15-34(23-25-10-5-6-11-27(25)35)28(36)26-20-30-29(31-21-26)33-16-18-39-19-17-33/h2-6,8-11,20-21H,7,12-19,22-23H2,1H3. The summed E-state index contributed by atoms with van der Waals surface area (Å²) in [6, 6.07) is 17.6. The fraction of sp³-hybridized carbons (Fsp3) is 0.414. The number of ether oxygens (including phenoxy) is 1. The fourth-order valence-electron chi connectivity index (χ4n) is 5.16. The summed E-state index contributed by atoms with van der Waals surface area (Å²) in [6.07, 6.45) is 5.07. The molecule has 3 heterocycles. The lowest BCUT2D eigenvalue weighted by atomic mass is 10.1. The van der Waals surface area contributed by atoms with Crippen molar-refractivity contribution < 1.29 is 17.9 Å². The number of carbonyl (C=O) groups is 1. The molecule has 0 radical (unpaired) electrons. The lowest BCUT2D eigenvalue weighted by Gasteiger charge is -2.29. The third kappa shape index (κ3) is 6.96. The van der Waals surface area contributed by atoms with Crippen LogP contribution in [0.1, 0.15) is 27.9 Å². The maximum Gasteiger partial charge on any atom is 0.257 e. The third-order valence-electron chi connectivity index (χ3n) is 7.26. The summed E-state index contributed by atoms with van der Waals surface area (Å²) < 4.78 is 32.6. The number of benzene rings is 2. The Morgan fingerprint density at radius 3 is 2.30 bits per heavy atom. The molecule has 5 rings (SSSR count). The van der Waals surface area contributed by atoms with Crippen molar-refractivity contribution in [3.63, 3.8) is 0 Å². The van der Waals surface area contributed by atoms with E-state index in [1.54, 1.807) is 17.3 Å². The molecular weight excluding hydrogens is 528 g/mol. The number of hydrogen-bond acceptors (Lipinski definition) is 8. The molecule has 1 fully saturated rings. The summed E-state index contributed by atoms with van der Waals surface area (Å²) in [4.78, 5) is 28.9. The van der Waals surface area contributed by atoms with E-state index in [0.717, 1.165) is 5.56 Å². The molecule has 11 heteroatoms. The molecule has 3 aromatic rings. The fourth-order valence-corrected chi connectivity index (χ4v) is 6.16. The molecule has 2 aromatic carbocycles. The van der Waals surface area contributed by atoms with Gasteiger partial charge in [-0.25, -0.2) is 18.4 Å². The summed E-state index contributed by atoms with van der Waals surface area (Å²) >= 11 is 0. The van der Waals surface area contributed by atoms with E-state index < -0.39 is 10.0 Å². The highest BCUT2D eigenvalue weighted by atomic mass is 32.2. The Kier molecular flexibility index (Phi) is 8.93. The third-order valence-corrected chi connectivity index (χ3v) is 8.44. The van der Waals surface area contributed by atoms with Crippen LogP contribution in [0.25, 0.3) is 0 Å². The van der Waals surface area contributed by atoms with Crippen molar-refractivity contribution in [2.75, 3.05) is 67.9 Å². The Labute approximate surface area is 236 Å². The van der Waals surface area contributed by atoms with Crippen molar-refractivity contribution >= 4 is 27.6 Å².